The second-order valence-corrected chi connectivity index (χ2v) is 6.59. The Morgan fingerprint density at radius 3 is 1.95 bits per heavy atom. The van der Waals surface area contributed by atoms with E-state index in [2.05, 4.69) is 0 Å². The van der Waals surface area contributed by atoms with Crippen LogP contribution in [-0.4, -0.2) is 35.1 Å². The average Bonchev–Trinajstić information content (AvgIpc) is 2.45. The standard InChI is InChI=1S/C17H31NO2/c19-14-13-18(16-11-7-4-8-12-16)17(20)15-9-5-2-1-3-6-10-15/h15-16,19H,1-14H2. The smallest absolute Gasteiger partial charge is 0.226 e. The number of hydrogen-bond donors (Lipinski definition) is 1. The molecule has 0 aliphatic heterocycles. The molecule has 20 heavy (non-hydrogen) atoms. The number of carbonyl (C=O) groups excluding carboxylic acids is 1. The first-order valence-corrected chi connectivity index (χ1v) is 8.74. The number of hydrogen-bond acceptors (Lipinski definition) is 2. The number of nitrogens with zero attached hydrogens (tertiary/aromatic N) is 1. The number of aliphatic hydroxyl groups excluding tert-OH is 1. The van der Waals surface area contributed by atoms with Crippen molar-refractivity contribution >= 4 is 5.91 Å². The van der Waals surface area contributed by atoms with E-state index in [9.17, 15) is 9.90 Å². The molecular formula is C17H31NO2. The second kappa shape index (κ2) is 8.66. The molecule has 2 aliphatic carbocycles. The Hall–Kier alpha value is -0.570. The zero-order valence-electron chi connectivity index (χ0n) is 12.9. The number of carbonyl (C=O) groups is 1. The van der Waals surface area contributed by atoms with E-state index in [0.717, 1.165) is 25.7 Å². The third-order valence-corrected chi connectivity index (χ3v) is 5.09. The zero-order valence-corrected chi connectivity index (χ0v) is 12.9. The van der Waals surface area contributed by atoms with Gasteiger partial charge in [-0.05, 0) is 25.7 Å². The van der Waals surface area contributed by atoms with Gasteiger partial charge in [-0.3, -0.25) is 4.79 Å². The molecule has 0 atom stereocenters. The molecule has 0 radical (unpaired) electrons. The van der Waals surface area contributed by atoms with Crippen LogP contribution in [0.3, 0.4) is 0 Å². The van der Waals surface area contributed by atoms with E-state index in [1.165, 1.54) is 51.4 Å². The van der Waals surface area contributed by atoms with Crippen LogP contribution in [0.15, 0.2) is 0 Å². The lowest BCUT2D eigenvalue weighted by atomic mass is 9.88. The fourth-order valence-corrected chi connectivity index (χ4v) is 3.91. The van der Waals surface area contributed by atoms with Crippen molar-refractivity contribution < 1.29 is 9.90 Å². The monoisotopic (exact) mass is 281 g/mol. The van der Waals surface area contributed by atoms with Gasteiger partial charge in [0.2, 0.25) is 5.91 Å². The lowest BCUT2D eigenvalue weighted by Gasteiger charge is -2.36. The molecule has 2 rings (SSSR count). The van der Waals surface area contributed by atoms with Gasteiger partial charge in [0.05, 0.1) is 6.61 Å². The van der Waals surface area contributed by atoms with Crippen LogP contribution in [0, 0.1) is 5.92 Å². The maximum Gasteiger partial charge on any atom is 0.226 e. The summed E-state index contributed by atoms with van der Waals surface area (Å²) < 4.78 is 0. The largest absolute Gasteiger partial charge is 0.395 e. The van der Waals surface area contributed by atoms with Crippen LogP contribution in [0.4, 0.5) is 0 Å². The minimum absolute atomic E-state index is 0.106. The molecule has 0 aromatic heterocycles. The highest BCUT2D eigenvalue weighted by Crippen LogP contribution is 2.28. The van der Waals surface area contributed by atoms with Crippen LogP contribution in [0.2, 0.25) is 0 Å². The highest BCUT2D eigenvalue weighted by molar-refractivity contribution is 5.79. The molecule has 0 saturated heterocycles. The molecule has 0 aromatic carbocycles. The highest BCUT2D eigenvalue weighted by atomic mass is 16.3. The third-order valence-electron chi connectivity index (χ3n) is 5.09. The maximum absolute atomic E-state index is 12.9. The molecule has 116 valence electrons. The van der Waals surface area contributed by atoms with E-state index >= 15 is 0 Å². The van der Waals surface area contributed by atoms with Crippen molar-refractivity contribution in [2.24, 2.45) is 5.92 Å². The van der Waals surface area contributed by atoms with Gasteiger partial charge in [-0.1, -0.05) is 51.4 Å². The molecule has 0 spiro atoms. The van der Waals surface area contributed by atoms with Crippen molar-refractivity contribution in [3.8, 4) is 0 Å². The molecule has 0 bridgehead atoms. The maximum atomic E-state index is 12.9. The first-order chi connectivity index (χ1) is 9.83. The van der Waals surface area contributed by atoms with E-state index in [1.54, 1.807) is 0 Å². The van der Waals surface area contributed by atoms with Crippen molar-refractivity contribution in [2.45, 2.75) is 83.1 Å². The zero-order chi connectivity index (χ0) is 14.2. The summed E-state index contributed by atoms with van der Waals surface area (Å²) in [6, 6.07) is 0.397. The first-order valence-electron chi connectivity index (χ1n) is 8.74. The van der Waals surface area contributed by atoms with Gasteiger partial charge in [0.1, 0.15) is 0 Å². The fourth-order valence-electron chi connectivity index (χ4n) is 3.91. The van der Waals surface area contributed by atoms with Gasteiger partial charge in [0, 0.05) is 18.5 Å². The fraction of sp³-hybridized carbons (Fsp3) is 0.941. The summed E-state index contributed by atoms with van der Waals surface area (Å²) in [5, 5.41) is 9.32. The molecule has 2 aliphatic rings. The molecule has 2 saturated carbocycles. The van der Waals surface area contributed by atoms with Crippen LogP contribution in [0.25, 0.3) is 0 Å². The van der Waals surface area contributed by atoms with Crippen LogP contribution in [0.1, 0.15) is 77.0 Å². The van der Waals surface area contributed by atoms with Gasteiger partial charge in [0.25, 0.3) is 0 Å². The van der Waals surface area contributed by atoms with Crippen LogP contribution in [-0.2, 0) is 4.79 Å². The Balaban J connectivity index is 1.96. The highest BCUT2D eigenvalue weighted by Gasteiger charge is 2.30. The van der Waals surface area contributed by atoms with Gasteiger partial charge >= 0.3 is 0 Å². The number of amides is 1. The Morgan fingerprint density at radius 1 is 0.850 bits per heavy atom. The molecule has 1 N–H and O–H groups in total. The van der Waals surface area contributed by atoms with Crippen molar-refractivity contribution in [3.05, 3.63) is 0 Å². The molecule has 0 heterocycles. The van der Waals surface area contributed by atoms with Crippen LogP contribution in [0.5, 0.6) is 0 Å². The van der Waals surface area contributed by atoms with E-state index in [1.807, 2.05) is 4.90 Å². The second-order valence-electron chi connectivity index (χ2n) is 6.59. The van der Waals surface area contributed by atoms with Crippen LogP contribution < -0.4 is 0 Å². The summed E-state index contributed by atoms with van der Waals surface area (Å²) in [5.74, 6) is 0.566. The predicted molar refractivity (Wildman–Crippen MR) is 81.5 cm³/mol. The summed E-state index contributed by atoms with van der Waals surface area (Å²) >= 11 is 0. The van der Waals surface area contributed by atoms with Gasteiger partial charge < -0.3 is 10.0 Å². The molecule has 3 heteroatoms. The summed E-state index contributed by atoms with van der Waals surface area (Å²) in [4.78, 5) is 14.9. The van der Waals surface area contributed by atoms with E-state index in [0.29, 0.717) is 18.5 Å². The molecule has 2 fully saturated rings. The average molecular weight is 281 g/mol. The summed E-state index contributed by atoms with van der Waals surface area (Å²) in [5.41, 5.74) is 0. The molecular weight excluding hydrogens is 250 g/mol. The van der Waals surface area contributed by atoms with E-state index in [4.69, 9.17) is 0 Å². The predicted octanol–water partition coefficient (Wildman–Crippen LogP) is 3.50. The Bertz CT molecular complexity index is 279. The van der Waals surface area contributed by atoms with Gasteiger partial charge in [-0.25, -0.2) is 0 Å². The Morgan fingerprint density at radius 2 is 1.35 bits per heavy atom. The van der Waals surface area contributed by atoms with Crippen molar-refractivity contribution in [1.29, 1.82) is 0 Å². The minimum atomic E-state index is 0.106. The molecule has 0 unspecified atom stereocenters. The van der Waals surface area contributed by atoms with Crippen molar-refractivity contribution in [1.82, 2.24) is 4.90 Å². The third kappa shape index (κ3) is 4.47. The topological polar surface area (TPSA) is 40.5 Å². The van der Waals surface area contributed by atoms with E-state index in [-0.39, 0.29) is 12.5 Å². The van der Waals surface area contributed by atoms with Crippen LogP contribution >= 0.6 is 0 Å². The number of aliphatic hydroxyl groups is 1. The Labute approximate surface area is 123 Å². The lowest BCUT2D eigenvalue weighted by Crippen LogP contribution is -2.46. The lowest BCUT2D eigenvalue weighted by molar-refractivity contribution is -0.140. The van der Waals surface area contributed by atoms with Gasteiger partial charge in [-0.2, -0.15) is 0 Å². The minimum Gasteiger partial charge on any atom is -0.395 e. The Kier molecular flexibility index (Phi) is 6.85. The molecule has 0 aromatic rings. The normalized spacial score (nSPS) is 23.1. The summed E-state index contributed by atoms with van der Waals surface area (Å²) in [6.45, 7) is 0.648. The quantitative estimate of drug-likeness (QED) is 0.856. The SMILES string of the molecule is O=C(C1CCCCCCC1)N(CCO)C1CCCCC1. The van der Waals surface area contributed by atoms with Crippen molar-refractivity contribution in [2.75, 3.05) is 13.2 Å². The molecule has 3 nitrogen and oxygen atoms in total. The van der Waals surface area contributed by atoms with Gasteiger partial charge in [-0.15, -0.1) is 0 Å². The first kappa shape index (κ1) is 15.8. The van der Waals surface area contributed by atoms with E-state index < -0.39 is 0 Å². The molecule has 1 amide bonds. The van der Waals surface area contributed by atoms with Gasteiger partial charge in [0.15, 0.2) is 0 Å². The van der Waals surface area contributed by atoms with Crippen molar-refractivity contribution in [3.63, 3.8) is 0 Å². The summed E-state index contributed by atoms with van der Waals surface area (Å²) in [6.07, 6.45) is 14.5. The number of rotatable bonds is 4. The summed E-state index contributed by atoms with van der Waals surface area (Å²) in [7, 11) is 0.